The van der Waals surface area contributed by atoms with E-state index in [1.165, 1.54) is 6.42 Å². The van der Waals surface area contributed by atoms with Gasteiger partial charge in [-0.25, -0.2) is 5.01 Å². The summed E-state index contributed by atoms with van der Waals surface area (Å²) in [5.74, 6) is 6.34. The first-order valence-electron chi connectivity index (χ1n) is 4.29. The fraction of sp³-hybridized carbons (Fsp3) is 1.00. The Bertz CT molecular complexity index is 94.1. The first-order chi connectivity index (χ1) is 4.83. The molecular formula is C9H22N2. The molecule has 0 aliphatic rings. The first kappa shape index (κ1) is 10.9. The topological polar surface area (TPSA) is 29.3 Å². The van der Waals surface area contributed by atoms with Crippen molar-refractivity contribution in [3.8, 4) is 0 Å². The van der Waals surface area contributed by atoms with Crippen molar-refractivity contribution in [2.75, 3.05) is 13.6 Å². The lowest BCUT2D eigenvalue weighted by molar-refractivity contribution is 0.182. The van der Waals surface area contributed by atoms with E-state index in [1.54, 1.807) is 5.01 Å². The summed E-state index contributed by atoms with van der Waals surface area (Å²) < 4.78 is 0. The number of hydrogen-bond acceptors (Lipinski definition) is 2. The molecule has 0 aromatic carbocycles. The molecular weight excluding hydrogens is 136 g/mol. The van der Waals surface area contributed by atoms with Gasteiger partial charge in [-0.2, -0.15) is 0 Å². The van der Waals surface area contributed by atoms with Crippen molar-refractivity contribution in [1.82, 2.24) is 5.01 Å². The monoisotopic (exact) mass is 158 g/mol. The maximum Gasteiger partial charge on any atom is 0.0176 e. The van der Waals surface area contributed by atoms with Gasteiger partial charge in [0, 0.05) is 13.6 Å². The smallest absolute Gasteiger partial charge is 0.0176 e. The van der Waals surface area contributed by atoms with Crippen LogP contribution in [0.25, 0.3) is 0 Å². The molecule has 0 aliphatic heterocycles. The van der Waals surface area contributed by atoms with Crippen LogP contribution in [0.2, 0.25) is 0 Å². The van der Waals surface area contributed by atoms with E-state index in [0.29, 0.717) is 5.41 Å². The molecule has 0 amide bonds. The molecule has 2 heteroatoms. The van der Waals surface area contributed by atoms with Crippen LogP contribution in [-0.2, 0) is 0 Å². The van der Waals surface area contributed by atoms with Crippen LogP contribution < -0.4 is 5.84 Å². The van der Waals surface area contributed by atoms with E-state index in [4.69, 9.17) is 5.84 Å². The molecule has 68 valence electrons. The lowest BCUT2D eigenvalue weighted by Crippen LogP contribution is -2.36. The Balaban J connectivity index is 3.79. The molecule has 0 atom stereocenters. The molecule has 0 rings (SSSR count). The van der Waals surface area contributed by atoms with Gasteiger partial charge in [-0.05, 0) is 17.8 Å². The summed E-state index contributed by atoms with van der Waals surface area (Å²) in [4.78, 5) is 0. The van der Waals surface area contributed by atoms with Crippen molar-refractivity contribution >= 4 is 0 Å². The SMILES string of the molecule is CC(C)CC(C)(C)CN(C)N. The Morgan fingerprint density at radius 1 is 1.36 bits per heavy atom. The molecule has 2 nitrogen and oxygen atoms in total. The van der Waals surface area contributed by atoms with Crippen LogP contribution in [-0.4, -0.2) is 18.6 Å². The Morgan fingerprint density at radius 3 is 2.09 bits per heavy atom. The molecule has 0 radical (unpaired) electrons. The van der Waals surface area contributed by atoms with E-state index in [-0.39, 0.29) is 0 Å². The normalized spacial score (nSPS) is 13.1. The van der Waals surface area contributed by atoms with E-state index in [2.05, 4.69) is 27.7 Å². The van der Waals surface area contributed by atoms with E-state index in [0.717, 1.165) is 12.5 Å². The Hall–Kier alpha value is -0.0800. The summed E-state index contributed by atoms with van der Waals surface area (Å²) >= 11 is 0. The highest BCUT2D eigenvalue weighted by Gasteiger charge is 2.19. The molecule has 0 fully saturated rings. The maximum absolute atomic E-state index is 5.59. The second kappa shape index (κ2) is 4.07. The van der Waals surface area contributed by atoms with Gasteiger partial charge in [0.15, 0.2) is 0 Å². The summed E-state index contributed by atoms with van der Waals surface area (Å²) in [6.45, 7) is 9.98. The second-order valence-electron chi connectivity index (χ2n) is 4.68. The number of nitrogens with two attached hydrogens (primary N) is 1. The van der Waals surface area contributed by atoms with Crippen molar-refractivity contribution in [2.45, 2.75) is 34.1 Å². The summed E-state index contributed by atoms with van der Waals surface area (Å²) in [5.41, 5.74) is 0.345. The lowest BCUT2D eigenvalue weighted by Gasteiger charge is -2.29. The zero-order chi connectivity index (χ0) is 9.07. The summed E-state index contributed by atoms with van der Waals surface area (Å²) in [6.07, 6.45) is 1.23. The highest BCUT2D eigenvalue weighted by Crippen LogP contribution is 2.24. The highest BCUT2D eigenvalue weighted by atomic mass is 15.4. The Labute approximate surface area is 70.7 Å². The lowest BCUT2D eigenvalue weighted by atomic mass is 9.84. The van der Waals surface area contributed by atoms with Gasteiger partial charge in [0.25, 0.3) is 0 Å². The molecule has 0 heterocycles. The highest BCUT2D eigenvalue weighted by molar-refractivity contribution is 4.71. The third-order valence-corrected chi connectivity index (χ3v) is 1.64. The minimum Gasteiger partial charge on any atom is -0.269 e. The maximum atomic E-state index is 5.59. The zero-order valence-electron chi connectivity index (χ0n) is 8.52. The molecule has 0 spiro atoms. The Kier molecular flexibility index (Phi) is 4.04. The van der Waals surface area contributed by atoms with Crippen LogP contribution in [0.15, 0.2) is 0 Å². The largest absolute Gasteiger partial charge is 0.269 e. The van der Waals surface area contributed by atoms with E-state index < -0.39 is 0 Å². The summed E-state index contributed by atoms with van der Waals surface area (Å²) in [5, 5.41) is 1.77. The van der Waals surface area contributed by atoms with Crippen molar-refractivity contribution in [3.63, 3.8) is 0 Å². The van der Waals surface area contributed by atoms with Crippen molar-refractivity contribution in [1.29, 1.82) is 0 Å². The third kappa shape index (κ3) is 6.32. The number of hydrazine groups is 1. The fourth-order valence-electron chi connectivity index (χ4n) is 1.84. The van der Waals surface area contributed by atoms with Crippen LogP contribution >= 0.6 is 0 Å². The van der Waals surface area contributed by atoms with Gasteiger partial charge in [0.05, 0.1) is 0 Å². The number of hydrogen-bond donors (Lipinski definition) is 1. The van der Waals surface area contributed by atoms with Crippen molar-refractivity contribution in [3.05, 3.63) is 0 Å². The molecule has 2 N–H and O–H groups in total. The zero-order valence-corrected chi connectivity index (χ0v) is 8.52. The van der Waals surface area contributed by atoms with E-state index >= 15 is 0 Å². The van der Waals surface area contributed by atoms with Gasteiger partial charge in [0.2, 0.25) is 0 Å². The van der Waals surface area contributed by atoms with Gasteiger partial charge < -0.3 is 0 Å². The van der Waals surface area contributed by atoms with Crippen LogP contribution in [0, 0.1) is 11.3 Å². The van der Waals surface area contributed by atoms with Gasteiger partial charge >= 0.3 is 0 Å². The second-order valence-corrected chi connectivity index (χ2v) is 4.68. The number of rotatable bonds is 4. The predicted octanol–water partition coefficient (Wildman–Crippen LogP) is 1.86. The van der Waals surface area contributed by atoms with E-state index in [1.807, 2.05) is 7.05 Å². The third-order valence-electron chi connectivity index (χ3n) is 1.64. The minimum atomic E-state index is 0.345. The van der Waals surface area contributed by atoms with Gasteiger partial charge in [0.1, 0.15) is 0 Å². The quantitative estimate of drug-likeness (QED) is 0.500. The molecule has 0 saturated carbocycles. The van der Waals surface area contributed by atoms with Crippen LogP contribution in [0.1, 0.15) is 34.1 Å². The van der Waals surface area contributed by atoms with Gasteiger partial charge in [-0.3, -0.25) is 5.84 Å². The Morgan fingerprint density at radius 2 is 1.82 bits per heavy atom. The molecule has 0 unspecified atom stereocenters. The first-order valence-corrected chi connectivity index (χ1v) is 4.29. The molecule has 0 aromatic heterocycles. The average molecular weight is 158 g/mol. The van der Waals surface area contributed by atoms with Crippen LogP contribution in [0.5, 0.6) is 0 Å². The van der Waals surface area contributed by atoms with Gasteiger partial charge in [-0.1, -0.05) is 27.7 Å². The summed E-state index contributed by atoms with van der Waals surface area (Å²) in [6, 6.07) is 0. The fourth-order valence-corrected chi connectivity index (χ4v) is 1.84. The molecule has 0 aromatic rings. The molecule has 0 bridgehead atoms. The standard InChI is InChI=1S/C9H22N2/c1-8(2)6-9(3,4)7-11(5)10/h8H,6-7,10H2,1-5H3. The van der Waals surface area contributed by atoms with Gasteiger partial charge in [-0.15, -0.1) is 0 Å². The molecule has 0 aliphatic carbocycles. The van der Waals surface area contributed by atoms with Crippen LogP contribution in [0.3, 0.4) is 0 Å². The molecule has 0 saturated heterocycles. The minimum absolute atomic E-state index is 0.345. The van der Waals surface area contributed by atoms with Crippen LogP contribution in [0.4, 0.5) is 0 Å². The van der Waals surface area contributed by atoms with E-state index in [9.17, 15) is 0 Å². The predicted molar refractivity (Wildman–Crippen MR) is 50.1 cm³/mol. The average Bonchev–Trinajstić information content (AvgIpc) is 1.53. The molecule has 11 heavy (non-hydrogen) atoms. The van der Waals surface area contributed by atoms with Crippen molar-refractivity contribution in [2.24, 2.45) is 17.2 Å². The van der Waals surface area contributed by atoms with Crippen molar-refractivity contribution < 1.29 is 0 Å². The summed E-state index contributed by atoms with van der Waals surface area (Å²) in [7, 11) is 1.92. The number of nitrogens with zero attached hydrogens (tertiary/aromatic N) is 1.